The van der Waals surface area contributed by atoms with Crippen LogP contribution < -0.4 is 0 Å². The van der Waals surface area contributed by atoms with Crippen molar-refractivity contribution in [3.8, 4) is 0 Å². The van der Waals surface area contributed by atoms with E-state index in [0.29, 0.717) is 24.1 Å². The van der Waals surface area contributed by atoms with Gasteiger partial charge in [-0.25, -0.2) is 8.42 Å². The highest BCUT2D eigenvalue weighted by molar-refractivity contribution is 7.99. The fourth-order valence-corrected chi connectivity index (χ4v) is 7.36. The number of amides is 1. The minimum atomic E-state index is -3.01. The van der Waals surface area contributed by atoms with Gasteiger partial charge in [-0.1, -0.05) is 24.6 Å². The van der Waals surface area contributed by atoms with Gasteiger partial charge < -0.3 is 9.47 Å². The van der Waals surface area contributed by atoms with E-state index in [2.05, 4.69) is 14.8 Å². The molecule has 0 unspecified atom stereocenters. The number of rotatable bonds is 7. The minimum absolute atomic E-state index is 0.0670. The van der Waals surface area contributed by atoms with E-state index in [0.717, 1.165) is 36.7 Å². The number of nitrogens with zero attached hydrogens (tertiary/aromatic N) is 4. The first-order valence-electron chi connectivity index (χ1n) is 10.6. The summed E-state index contributed by atoms with van der Waals surface area (Å²) in [5.41, 5.74) is 0. The van der Waals surface area contributed by atoms with Crippen molar-refractivity contribution >= 4 is 27.5 Å². The van der Waals surface area contributed by atoms with Gasteiger partial charge >= 0.3 is 0 Å². The molecule has 0 aromatic carbocycles. The van der Waals surface area contributed by atoms with Gasteiger partial charge in [0.25, 0.3) is 0 Å². The van der Waals surface area contributed by atoms with Crippen LogP contribution >= 0.6 is 11.8 Å². The average Bonchev–Trinajstić information content (AvgIpc) is 3.56. The van der Waals surface area contributed by atoms with Gasteiger partial charge in [0, 0.05) is 24.0 Å². The molecule has 0 spiro atoms. The third-order valence-electron chi connectivity index (χ3n) is 6.48. The van der Waals surface area contributed by atoms with Crippen LogP contribution in [0.4, 0.5) is 0 Å². The van der Waals surface area contributed by atoms with Gasteiger partial charge in [0.2, 0.25) is 5.91 Å². The zero-order valence-corrected chi connectivity index (χ0v) is 17.8. The third kappa shape index (κ3) is 3.84. The van der Waals surface area contributed by atoms with E-state index in [9.17, 15) is 13.2 Å². The summed E-state index contributed by atoms with van der Waals surface area (Å²) in [5.74, 6) is 2.38. The minimum Gasteiger partial charge on any atom is -0.335 e. The monoisotopic (exact) mass is 424 g/mol. The molecule has 0 bridgehead atoms. The lowest BCUT2D eigenvalue weighted by molar-refractivity contribution is -0.132. The van der Waals surface area contributed by atoms with Gasteiger partial charge in [-0.3, -0.25) is 4.79 Å². The Morgan fingerprint density at radius 1 is 1.04 bits per heavy atom. The number of carbonyl (C=O) groups is 1. The summed E-state index contributed by atoms with van der Waals surface area (Å²) in [6.45, 7) is 0. The van der Waals surface area contributed by atoms with Crippen molar-refractivity contribution in [1.82, 2.24) is 19.7 Å². The zero-order chi connectivity index (χ0) is 19.3. The Bertz CT molecular complexity index is 855. The SMILES string of the molecule is O=C(CSc1nnc(C2CC2)n1C1CC1)N(C1CCCC1)[C@@H]1CCS(=O)(=O)C1. The maximum absolute atomic E-state index is 13.2. The number of sulfone groups is 1. The van der Waals surface area contributed by atoms with Crippen LogP contribution in [0.3, 0.4) is 0 Å². The molecule has 28 heavy (non-hydrogen) atoms. The lowest BCUT2D eigenvalue weighted by Crippen LogP contribution is -2.47. The molecule has 9 heteroatoms. The zero-order valence-electron chi connectivity index (χ0n) is 16.1. The van der Waals surface area contributed by atoms with E-state index in [1.54, 1.807) is 0 Å². The average molecular weight is 425 g/mol. The Morgan fingerprint density at radius 2 is 1.79 bits per heavy atom. The van der Waals surface area contributed by atoms with Gasteiger partial charge in [0.05, 0.1) is 17.3 Å². The normalized spacial score (nSPS) is 27.4. The predicted molar refractivity (Wildman–Crippen MR) is 107 cm³/mol. The van der Waals surface area contributed by atoms with Crippen LogP contribution in [0, 0.1) is 0 Å². The van der Waals surface area contributed by atoms with Crippen molar-refractivity contribution in [2.24, 2.45) is 0 Å². The maximum Gasteiger partial charge on any atom is 0.233 e. The number of carbonyl (C=O) groups excluding carboxylic acids is 1. The molecular weight excluding hydrogens is 396 g/mol. The van der Waals surface area contributed by atoms with Crippen LogP contribution in [0.5, 0.6) is 0 Å². The summed E-state index contributed by atoms with van der Waals surface area (Å²) >= 11 is 1.48. The molecule has 3 aliphatic carbocycles. The first-order valence-corrected chi connectivity index (χ1v) is 13.4. The van der Waals surface area contributed by atoms with Gasteiger partial charge in [-0.2, -0.15) is 0 Å². The van der Waals surface area contributed by atoms with E-state index >= 15 is 0 Å². The Kier molecular flexibility index (Phi) is 4.93. The van der Waals surface area contributed by atoms with Crippen LogP contribution in [0.1, 0.15) is 75.6 Å². The molecule has 1 atom stereocenters. The molecular formula is C19H28N4O3S2. The molecule has 1 aromatic heterocycles. The molecule has 5 rings (SSSR count). The summed E-state index contributed by atoms with van der Waals surface area (Å²) in [4.78, 5) is 15.1. The summed E-state index contributed by atoms with van der Waals surface area (Å²) in [7, 11) is -3.01. The molecule has 1 saturated heterocycles. The molecule has 7 nitrogen and oxygen atoms in total. The van der Waals surface area contributed by atoms with Crippen molar-refractivity contribution in [3.63, 3.8) is 0 Å². The highest BCUT2D eigenvalue weighted by Crippen LogP contribution is 2.46. The third-order valence-corrected chi connectivity index (χ3v) is 9.16. The second-order valence-corrected chi connectivity index (χ2v) is 12.0. The Labute approximate surface area is 170 Å². The molecule has 1 aromatic rings. The van der Waals surface area contributed by atoms with Crippen molar-refractivity contribution < 1.29 is 13.2 Å². The lowest BCUT2D eigenvalue weighted by Gasteiger charge is -2.34. The topological polar surface area (TPSA) is 85.2 Å². The number of aromatic nitrogens is 3. The van der Waals surface area contributed by atoms with Crippen LogP contribution in [-0.2, 0) is 14.6 Å². The van der Waals surface area contributed by atoms with Gasteiger partial charge in [0.1, 0.15) is 5.82 Å². The molecule has 0 N–H and O–H groups in total. The first kappa shape index (κ1) is 18.9. The smallest absolute Gasteiger partial charge is 0.233 e. The number of thioether (sulfide) groups is 1. The fraction of sp³-hybridized carbons (Fsp3) is 0.842. The summed E-state index contributed by atoms with van der Waals surface area (Å²) in [5, 5.41) is 9.69. The largest absolute Gasteiger partial charge is 0.335 e. The highest BCUT2D eigenvalue weighted by atomic mass is 32.2. The van der Waals surface area contributed by atoms with E-state index < -0.39 is 9.84 Å². The molecule has 2 heterocycles. The van der Waals surface area contributed by atoms with E-state index in [1.807, 2.05) is 4.90 Å². The second-order valence-electron chi connectivity index (χ2n) is 8.80. The van der Waals surface area contributed by atoms with Crippen LogP contribution in [0.2, 0.25) is 0 Å². The van der Waals surface area contributed by atoms with E-state index in [1.165, 1.54) is 37.4 Å². The number of hydrogen-bond donors (Lipinski definition) is 0. The summed E-state index contributed by atoms with van der Waals surface area (Å²) in [6.07, 6.45) is 9.57. The Morgan fingerprint density at radius 3 is 2.39 bits per heavy atom. The highest BCUT2D eigenvalue weighted by Gasteiger charge is 2.40. The fourth-order valence-electron chi connectivity index (χ4n) is 4.77. The van der Waals surface area contributed by atoms with Crippen molar-refractivity contribution in [2.45, 2.75) is 87.0 Å². The molecule has 0 radical (unpaired) electrons. The molecule has 3 saturated carbocycles. The Balaban J connectivity index is 1.30. The Hall–Kier alpha value is -1.09. The number of hydrogen-bond acceptors (Lipinski definition) is 6. The first-order chi connectivity index (χ1) is 13.5. The van der Waals surface area contributed by atoms with Gasteiger partial charge in [0.15, 0.2) is 15.0 Å². The molecule has 4 aliphatic rings. The summed E-state index contributed by atoms with van der Waals surface area (Å²) < 4.78 is 26.3. The predicted octanol–water partition coefficient (Wildman–Crippen LogP) is 2.54. The van der Waals surface area contributed by atoms with Gasteiger partial charge in [-0.15, -0.1) is 10.2 Å². The van der Waals surface area contributed by atoms with Crippen molar-refractivity contribution in [1.29, 1.82) is 0 Å². The standard InChI is InChI=1S/C19H28N4O3S2/c24-17(22(14-3-1-2-4-14)16-9-10-28(25,26)12-16)11-27-19-21-20-18(13-5-6-13)23(19)15-7-8-15/h13-16H,1-12H2/t16-/m1/s1. The van der Waals surface area contributed by atoms with Crippen LogP contribution in [0.15, 0.2) is 5.16 Å². The van der Waals surface area contributed by atoms with Crippen LogP contribution in [0.25, 0.3) is 0 Å². The van der Waals surface area contributed by atoms with Crippen LogP contribution in [-0.4, -0.2) is 63.3 Å². The summed E-state index contributed by atoms with van der Waals surface area (Å²) in [6, 6.07) is 0.563. The van der Waals surface area contributed by atoms with E-state index in [4.69, 9.17) is 0 Å². The lowest BCUT2D eigenvalue weighted by atomic mass is 10.1. The van der Waals surface area contributed by atoms with Crippen molar-refractivity contribution in [3.05, 3.63) is 5.82 Å². The second kappa shape index (κ2) is 7.31. The maximum atomic E-state index is 13.2. The quantitative estimate of drug-likeness (QED) is 0.626. The molecule has 1 aliphatic heterocycles. The van der Waals surface area contributed by atoms with E-state index in [-0.39, 0.29) is 29.5 Å². The molecule has 4 fully saturated rings. The van der Waals surface area contributed by atoms with Crippen molar-refractivity contribution in [2.75, 3.05) is 17.3 Å². The molecule has 154 valence electrons. The van der Waals surface area contributed by atoms with Gasteiger partial charge in [-0.05, 0) is 44.9 Å². The molecule has 1 amide bonds.